The first-order chi connectivity index (χ1) is 8.17. The van der Waals surface area contributed by atoms with Gasteiger partial charge in [0.15, 0.2) is 0 Å². The Morgan fingerprint density at radius 3 is 2.76 bits per heavy atom. The van der Waals surface area contributed by atoms with Gasteiger partial charge in [0.2, 0.25) is 0 Å². The molecule has 1 atom stereocenters. The number of methoxy groups -OCH3 is 2. The minimum absolute atomic E-state index is 0.262. The Hall–Kier alpha value is -1.17. The van der Waals surface area contributed by atoms with Crippen LogP contribution in [0.5, 0.6) is 5.75 Å². The molecule has 0 radical (unpaired) electrons. The normalized spacial score (nSPS) is 12.5. The van der Waals surface area contributed by atoms with Crippen molar-refractivity contribution in [2.45, 2.75) is 12.6 Å². The zero-order chi connectivity index (χ0) is 12.7. The van der Waals surface area contributed by atoms with Gasteiger partial charge < -0.3 is 19.9 Å². The van der Waals surface area contributed by atoms with E-state index in [1.165, 1.54) is 20.3 Å². The monoisotopic (exact) mass is 243 g/mol. The van der Waals surface area contributed by atoms with Gasteiger partial charge in [0.1, 0.15) is 11.6 Å². The maximum Gasteiger partial charge on any atom is 0.131 e. The largest absolute Gasteiger partial charge is 0.497 e. The van der Waals surface area contributed by atoms with Crippen molar-refractivity contribution in [3.63, 3.8) is 0 Å². The summed E-state index contributed by atoms with van der Waals surface area (Å²) in [7, 11) is 3.01. The number of nitrogens with one attached hydrogen (secondary N) is 1. The number of hydrogen-bond acceptors (Lipinski definition) is 4. The Kier molecular flexibility index (Phi) is 5.90. The molecule has 17 heavy (non-hydrogen) atoms. The Balaban J connectivity index is 2.41. The number of hydrogen-bond donors (Lipinski definition) is 2. The second-order valence-corrected chi connectivity index (χ2v) is 3.70. The summed E-state index contributed by atoms with van der Waals surface area (Å²) in [5, 5.41) is 12.3. The van der Waals surface area contributed by atoms with Crippen molar-refractivity contribution in [2.75, 3.05) is 27.4 Å². The topological polar surface area (TPSA) is 50.7 Å². The fourth-order valence-electron chi connectivity index (χ4n) is 1.42. The van der Waals surface area contributed by atoms with Gasteiger partial charge in [-0.25, -0.2) is 4.39 Å². The van der Waals surface area contributed by atoms with Crippen molar-refractivity contribution >= 4 is 0 Å². The lowest BCUT2D eigenvalue weighted by Crippen LogP contribution is -2.29. The van der Waals surface area contributed by atoms with Gasteiger partial charge in [-0.05, 0) is 6.07 Å². The molecule has 0 amide bonds. The Morgan fingerprint density at radius 1 is 1.41 bits per heavy atom. The van der Waals surface area contributed by atoms with Crippen LogP contribution in [0.1, 0.15) is 5.56 Å². The molecule has 0 saturated heterocycles. The van der Waals surface area contributed by atoms with Gasteiger partial charge in [0.25, 0.3) is 0 Å². The molecule has 96 valence electrons. The molecule has 4 nitrogen and oxygen atoms in total. The van der Waals surface area contributed by atoms with Crippen molar-refractivity contribution in [1.82, 2.24) is 5.32 Å². The average Bonchev–Trinajstić information content (AvgIpc) is 2.31. The summed E-state index contributed by atoms with van der Waals surface area (Å²) in [6.45, 7) is 0.980. The Bertz CT molecular complexity index is 347. The summed E-state index contributed by atoms with van der Waals surface area (Å²) in [4.78, 5) is 0. The zero-order valence-electron chi connectivity index (χ0n) is 10.1. The third-order valence-electron chi connectivity index (χ3n) is 2.31. The van der Waals surface area contributed by atoms with Crippen LogP contribution in [0.3, 0.4) is 0 Å². The highest BCUT2D eigenvalue weighted by Crippen LogP contribution is 2.15. The highest BCUT2D eigenvalue weighted by molar-refractivity contribution is 5.28. The first-order valence-electron chi connectivity index (χ1n) is 5.37. The lowest BCUT2D eigenvalue weighted by Gasteiger charge is -2.11. The van der Waals surface area contributed by atoms with Gasteiger partial charge in [-0.3, -0.25) is 0 Å². The summed E-state index contributed by atoms with van der Waals surface area (Å²) in [5.41, 5.74) is 0.537. The maximum absolute atomic E-state index is 13.5. The number of ether oxygens (including phenoxy) is 2. The molecule has 1 unspecified atom stereocenters. The van der Waals surface area contributed by atoms with E-state index >= 15 is 0 Å². The molecule has 0 aliphatic rings. The molecule has 0 bridgehead atoms. The quantitative estimate of drug-likeness (QED) is 0.748. The predicted molar refractivity (Wildman–Crippen MR) is 62.5 cm³/mol. The van der Waals surface area contributed by atoms with E-state index in [2.05, 4.69) is 5.32 Å². The number of halogens is 1. The Labute approximate surface area is 100 Å². The van der Waals surface area contributed by atoms with Crippen LogP contribution < -0.4 is 10.1 Å². The van der Waals surface area contributed by atoms with E-state index in [1.807, 2.05) is 0 Å². The van der Waals surface area contributed by atoms with E-state index in [9.17, 15) is 9.50 Å². The predicted octanol–water partition coefficient (Wildman–Crippen LogP) is 0.931. The van der Waals surface area contributed by atoms with Gasteiger partial charge in [-0.1, -0.05) is 6.07 Å². The van der Waals surface area contributed by atoms with Gasteiger partial charge >= 0.3 is 0 Å². The van der Waals surface area contributed by atoms with Crippen molar-refractivity contribution < 1.29 is 19.0 Å². The molecule has 0 aromatic heterocycles. The van der Waals surface area contributed by atoms with Crippen molar-refractivity contribution in [3.05, 3.63) is 29.6 Å². The second-order valence-electron chi connectivity index (χ2n) is 3.70. The lowest BCUT2D eigenvalue weighted by molar-refractivity contribution is 0.0643. The smallest absolute Gasteiger partial charge is 0.131 e. The minimum Gasteiger partial charge on any atom is -0.497 e. The molecule has 1 rings (SSSR count). The molecule has 1 aromatic carbocycles. The first kappa shape index (κ1) is 13.9. The molecule has 0 heterocycles. The molecule has 0 aliphatic heterocycles. The molecule has 0 fully saturated rings. The highest BCUT2D eigenvalue weighted by Gasteiger charge is 2.06. The molecular formula is C12H18FNO3. The summed E-state index contributed by atoms with van der Waals surface area (Å²) in [6, 6.07) is 4.69. The highest BCUT2D eigenvalue weighted by atomic mass is 19.1. The van der Waals surface area contributed by atoms with Crippen LogP contribution >= 0.6 is 0 Å². The molecule has 0 aliphatic carbocycles. The molecule has 1 aromatic rings. The van der Waals surface area contributed by atoms with Crippen molar-refractivity contribution in [3.8, 4) is 5.75 Å². The summed E-state index contributed by atoms with van der Waals surface area (Å²) >= 11 is 0. The number of rotatable bonds is 7. The van der Waals surface area contributed by atoms with Crippen LogP contribution in [-0.2, 0) is 11.3 Å². The minimum atomic E-state index is -0.582. The van der Waals surface area contributed by atoms with Gasteiger partial charge in [-0.15, -0.1) is 0 Å². The summed E-state index contributed by atoms with van der Waals surface area (Å²) in [6.07, 6.45) is -0.582. The standard InChI is InChI=1S/C12H18FNO3/c1-16-8-10(15)7-14-6-9-3-4-11(17-2)5-12(9)13/h3-5,10,14-15H,6-8H2,1-2H3. The maximum atomic E-state index is 13.5. The SMILES string of the molecule is COCC(O)CNCc1ccc(OC)cc1F. The van der Waals surface area contributed by atoms with Crippen molar-refractivity contribution in [2.24, 2.45) is 0 Å². The molecular weight excluding hydrogens is 225 g/mol. The summed E-state index contributed by atoms with van der Waals surface area (Å²) < 4.78 is 23.2. The third-order valence-corrected chi connectivity index (χ3v) is 2.31. The lowest BCUT2D eigenvalue weighted by atomic mass is 10.2. The van der Waals surface area contributed by atoms with E-state index in [1.54, 1.807) is 12.1 Å². The number of aliphatic hydroxyl groups is 1. The van der Waals surface area contributed by atoms with E-state index in [4.69, 9.17) is 9.47 Å². The molecule has 0 saturated carbocycles. The van der Waals surface area contributed by atoms with Crippen LogP contribution in [0.2, 0.25) is 0 Å². The van der Waals surface area contributed by atoms with Crippen LogP contribution in [0.15, 0.2) is 18.2 Å². The number of aliphatic hydroxyl groups excluding tert-OH is 1. The third kappa shape index (κ3) is 4.68. The van der Waals surface area contributed by atoms with Gasteiger partial charge in [0.05, 0.1) is 19.8 Å². The zero-order valence-corrected chi connectivity index (χ0v) is 10.1. The van der Waals surface area contributed by atoms with E-state index in [0.717, 1.165) is 0 Å². The van der Waals surface area contributed by atoms with Gasteiger partial charge in [-0.2, -0.15) is 0 Å². The summed E-state index contributed by atoms with van der Waals surface area (Å²) in [5.74, 6) is 0.170. The first-order valence-corrected chi connectivity index (χ1v) is 5.37. The molecule has 2 N–H and O–H groups in total. The van der Waals surface area contributed by atoms with Crippen LogP contribution in [0.4, 0.5) is 4.39 Å². The van der Waals surface area contributed by atoms with Crippen LogP contribution in [-0.4, -0.2) is 38.6 Å². The van der Waals surface area contributed by atoms with E-state index in [0.29, 0.717) is 24.4 Å². The van der Waals surface area contributed by atoms with Crippen molar-refractivity contribution in [1.29, 1.82) is 0 Å². The van der Waals surface area contributed by atoms with Gasteiger partial charge in [0, 0.05) is 31.8 Å². The Morgan fingerprint density at radius 2 is 2.18 bits per heavy atom. The number of benzene rings is 1. The van der Waals surface area contributed by atoms with Crippen LogP contribution in [0, 0.1) is 5.82 Å². The van der Waals surface area contributed by atoms with E-state index in [-0.39, 0.29) is 12.4 Å². The fraction of sp³-hybridized carbons (Fsp3) is 0.500. The van der Waals surface area contributed by atoms with Crippen LogP contribution in [0.25, 0.3) is 0 Å². The average molecular weight is 243 g/mol. The molecule has 0 spiro atoms. The van der Waals surface area contributed by atoms with E-state index < -0.39 is 6.10 Å². The molecule has 5 heteroatoms. The second kappa shape index (κ2) is 7.21. The fourth-order valence-corrected chi connectivity index (χ4v) is 1.42.